The highest BCUT2D eigenvalue weighted by atomic mass is 19.4. The number of halogens is 3. The SMILES string of the molecule is CC(C)(C)C(=O)CN1C(=O)Cc2ncc(-c3cccc(C(F)(F)F)c3)cc21. The molecule has 0 saturated carbocycles. The molecule has 0 saturated heterocycles. The first-order valence-electron chi connectivity index (χ1n) is 8.47. The van der Waals surface area contributed by atoms with Crippen molar-refractivity contribution in [1.82, 2.24) is 4.98 Å². The fourth-order valence-electron chi connectivity index (χ4n) is 2.81. The van der Waals surface area contributed by atoms with Gasteiger partial charge in [0.25, 0.3) is 0 Å². The number of pyridine rings is 1. The lowest BCUT2D eigenvalue weighted by Gasteiger charge is -2.23. The van der Waals surface area contributed by atoms with Gasteiger partial charge in [-0.05, 0) is 23.8 Å². The third kappa shape index (κ3) is 3.86. The number of ketones is 1. The number of fused-ring (bicyclic) bond motifs is 1. The standard InChI is InChI=1S/C20H19F3N2O2/c1-19(2,3)17(26)11-25-16-8-13(10-24-15(16)9-18(25)27)12-5-4-6-14(7-12)20(21,22)23/h4-8,10H,9,11H2,1-3H3. The summed E-state index contributed by atoms with van der Waals surface area (Å²) in [5, 5.41) is 0. The summed E-state index contributed by atoms with van der Waals surface area (Å²) in [6.07, 6.45) is -2.91. The van der Waals surface area contributed by atoms with Crippen LogP contribution in [0.3, 0.4) is 0 Å². The van der Waals surface area contributed by atoms with Crippen molar-refractivity contribution < 1.29 is 22.8 Å². The third-order valence-corrected chi connectivity index (χ3v) is 4.52. The van der Waals surface area contributed by atoms with Crippen molar-refractivity contribution in [3.8, 4) is 11.1 Å². The van der Waals surface area contributed by atoms with Gasteiger partial charge in [0.2, 0.25) is 5.91 Å². The number of nitrogens with zero attached hydrogens (tertiary/aromatic N) is 2. The van der Waals surface area contributed by atoms with Crippen LogP contribution in [0.5, 0.6) is 0 Å². The molecule has 1 aliphatic rings. The van der Waals surface area contributed by atoms with Crippen LogP contribution in [0.4, 0.5) is 18.9 Å². The van der Waals surface area contributed by atoms with Crippen LogP contribution in [0.1, 0.15) is 32.0 Å². The molecule has 2 heterocycles. The van der Waals surface area contributed by atoms with E-state index in [2.05, 4.69) is 4.98 Å². The Morgan fingerprint density at radius 3 is 2.48 bits per heavy atom. The number of Topliss-reactive ketones (excluding diaryl/α,β-unsaturated/α-hetero) is 1. The van der Waals surface area contributed by atoms with E-state index in [1.54, 1.807) is 32.9 Å². The van der Waals surface area contributed by atoms with Gasteiger partial charge in [0.1, 0.15) is 0 Å². The zero-order valence-electron chi connectivity index (χ0n) is 15.2. The second-order valence-electron chi connectivity index (χ2n) is 7.60. The molecule has 142 valence electrons. The number of alkyl halides is 3. The fraction of sp³-hybridized carbons (Fsp3) is 0.350. The van der Waals surface area contributed by atoms with Crippen molar-refractivity contribution in [2.45, 2.75) is 33.4 Å². The van der Waals surface area contributed by atoms with Crippen LogP contribution >= 0.6 is 0 Å². The van der Waals surface area contributed by atoms with Gasteiger partial charge >= 0.3 is 6.18 Å². The largest absolute Gasteiger partial charge is 0.416 e. The molecular formula is C20H19F3N2O2. The Kier molecular flexibility index (Phi) is 4.57. The summed E-state index contributed by atoms with van der Waals surface area (Å²) < 4.78 is 38.9. The van der Waals surface area contributed by atoms with Crippen molar-refractivity contribution in [2.75, 3.05) is 11.4 Å². The summed E-state index contributed by atoms with van der Waals surface area (Å²) in [4.78, 5) is 30.3. The quantitative estimate of drug-likeness (QED) is 0.804. The zero-order valence-corrected chi connectivity index (χ0v) is 15.2. The lowest BCUT2D eigenvalue weighted by Crippen LogP contribution is -2.37. The lowest BCUT2D eigenvalue weighted by atomic mass is 9.90. The van der Waals surface area contributed by atoms with Crippen molar-refractivity contribution in [2.24, 2.45) is 5.41 Å². The highest BCUT2D eigenvalue weighted by Crippen LogP contribution is 2.35. The first-order valence-corrected chi connectivity index (χ1v) is 8.47. The molecule has 0 N–H and O–H groups in total. The fourth-order valence-corrected chi connectivity index (χ4v) is 2.81. The molecule has 0 unspecified atom stereocenters. The predicted octanol–water partition coefficient (Wildman–Crippen LogP) is 4.27. The van der Waals surface area contributed by atoms with Crippen molar-refractivity contribution in [3.05, 3.63) is 47.8 Å². The highest BCUT2D eigenvalue weighted by Gasteiger charge is 2.34. The second kappa shape index (κ2) is 6.48. The van der Waals surface area contributed by atoms with Crippen LogP contribution in [0.25, 0.3) is 11.1 Å². The average molecular weight is 376 g/mol. The number of aromatic nitrogens is 1. The summed E-state index contributed by atoms with van der Waals surface area (Å²) in [5.41, 5.74) is 0.459. The molecule has 1 amide bonds. The topological polar surface area (TPSA) is 50.3 Å². The maximum Gasteiger partial charge on any atom is 0.416 e. The number of hydrogen-bond acceptors (Lipinski definition) is 3. The van der Waals surface area contributed by atoms with Crippen molar-refractivity contribution in [1.29, 1.82) is 0 Å². The Bertz CT molecular complexity index is 914. The summed E-state index contributed by atoms with van der Waals surface area (Å²) in [6.45, 7) is 5.24. The van der Waals surface area contributed by atoms with Crippen LogP contribution in [0.2, 0.25) is 0 Å². The minimum absolute atomic E-state index is 0.0790. The van der Waals surface area contributed by atoms with Gasteiger partial charge < -0.3 is 4.90 Å². The third-order valence-electron chi connectivity index (χ3n) is 4.52. The van der Waals surface area contributed by atoms with Crippen LogP contribution in [-0.4, -0.2) is 23.2 Å². The van der Waals surface area contributed by atoms with Gasteiger partial charge in [0.05, 0.1) is 29.9 Å². The van der Waals surface area contributed by atoms with Crippen LogP contribution in [0, 0.1) is 5.41 Å². The van der Waals surface area contributed by atoms with Gasteiger partial charge in [-0.2, -0.15) is 13.2 Å². The number of hydrogen-bond donors (Lipinski definition) is 0. The Hall–Kier alpha value is -2.70. The molecule has 0 spiro atoms. The van der Waals surface area contributed by atoms with Crippen LogP contribution < -0.4 is 4.90 Å². The molecule has 2 aromatic rings. The molecule has 0 radical (unpaired) electrons. The van der Waals surface area contributed by atoms with Gasteiger partial charge in [0, 0.05) is 17.2 Å². The minimum Gasteiger partial charge on any atom is -0.303 e. The molecular weight excluding hydrogens is 357 g/mol. The van der Waals surface area contributed by atoms with E-state index in [9.17, 15) is 22.8 Å². The summed E-state index contributed by atoms with van der Waals surface area (Å²) in [7, 11) is 0. The second-order valence-corrected chi connectivity index (χ2v) is 7.60. The first kappa shape index (κ1) is 19.1. The normalized spacial score (nSPS) is 14.4. The molecule has 1 aromatic heterocycles. The maximum absolute atomic E-state index is 13.0. The van der Waals surface area contributed by atoms with E-state index in [-0.39, 0.29) is 24.7 Å². The smallest absolute Gasteiger partial charge is 0.303 e. The molecule has 0 atom stereocenters. The maximum atomic E-state index is 13.0. The molecule has 0 aliphatic carbocycles. The van der Waals surface area contributed by atoms with Crippen molar-refractivity contribution in [3.63, 3.8) is 0 Å². The number of anilines is 1. The van der Waals surface area contributed by atoms with Gasteiger partial charge in [-0.1, -0.05) is 32.9 Å². The highest BCUT2D eigenvalue weighted by molar-refractivity contribution is 6.06. The summed E-state index contributed by atoms with van der Waals surface area (Å²) in [5.74, 6) is -0.343. The molecule has 0 bridgehead atoms. The molecule has 4 nitrogen and oxygen atoms in total. The predicted molar refractivity (Wildman–Crippen MR) is 95.2 cm³/mol. The molecule has 7 heteroatoms. The van der Waals surface area contributed by atoms with E-state index in [1.165, 1.54) is 17.2 Å². The average Bonchev–Trinajstić information content (AvgIpc) is 2.88. The number of carbonyl (C=O) groups is 2. The van der Waals surface area contributed by atoms with Gasteiger partial charge in [-0.3, -0.25) is 14.6 Å². The summed E-state index contributed by atoms with van der Waals surface area (Å²) in [6, 6.07) is 6.56. The number of amides is 1. The Labute approximate surface area is 155 Å². The number of rotatable bonds is 3. The zero-order chi connectivity index (χ0) is 20.0. The lowest BCUT2D eigenvalue weighted by molar-refractivity contribution is -0.137. The van der Waals surface area contributed by atoms with E-state index in [1.807, 2.05) is 0 Å². The van der Waals surface area contributed by atoms with E-state index in [0.717, 1.165) is 12.1 Å². The van der Waals surface area contributed by atoms with E-state index >= 15 is 0 Å². The minimum atomic E-state index is -4.44. The first-order chi connectivity index (χ1) is 12.5. The van der Waals surface area contributed by atoms with E-state index in [4.69, 9.17) is 0 Å². The van der Waals surface area contributed by atoms with E-state index in [0.29, 0.717) is 22.5 Å². The number of benzene rings is 1. The molecule has 27 heavy (non-hydrogen) atoms. The van der Waals surface area contributed by atoms with Crippen LogP contribution in [0.15, 0.2) is 36.5 Å². The molecule has 0 fully saturated rings. The molecule has 3 rings (SSSR count). The van der Waals surface area contributed by atoms with Crippen molar-refractivity contribution >= 4 is 17.4 Å². The Morgan fingerprint density at radius 1 is 1.15 bits per heavy atom. The van der Waals surface area contributed by atoms with Gasteiger partial charge in [-0.25, -0.2) is 0 Å². The van der Waals surface area contributed by atoms with Gasteiger partial charge in [-0.15, -0.1) is 0 Å². The van der Waals surface area contributed by atoms with Gasteiger partial charge in [0.15, 0.2) is 5.78 Å². The molecule has 1 aliphatic heterocycles. The summed E-state index contributed by atoms with van der Waals surface area (Å²) >= 11 is 0. The van der Waals surface area contributed by atoms with Crippen LogP contribution in [-0.2, 0) is 22.2 Å². The van der Waals surface area contributed by atoms with E-state index < -0.39 is 17.2 Å². The number of carbonyl (C=O) groups excluding carboxylic acids is 2. The Morgan fingerprint density at radius 2 is 1.85 bits per heavy atom. The monoisotopic (exact) mass is 376 g/mol. The Balaban J connectivity index is 1.97. The molecule has 1 aromatic carbocycles.